The number of hydrogen-bond donors (Lipinski definition) is 0. The summed E-state index contributed by atoms with van der Waals surface area (Å²) in [6, 6.07) is -0.0461. The number of rotatable bonds is 3. The average Bonchev–Trinajstić information content (AvgIpc) is 3.30. The van der Waals surface area contributed by atoms with Gasteiger partial charge in [0, 0.05) is 32.1 Å². The molecule has 2 aliphatic heterocycles. The van der Waals surface area contributed by atoms with Crippen LogP contribution in [0.3, 0.4) is 0 Å². The molecular weight excluding hydrogens is 340 g/mol. The van der Waals surface area contributed by atoms with E-state index in [9.17, 15) is 13.2 Å². The summed E-state index contributed by atoms with van der Waals surface area (Å²) in [6.07, 6.45) is 2.75. The van der Waals surface area contributed by atoms with Crippen molar-refractivity contribution in [2.75, 3.05) is 42.6 Å². The van der Waals surface area contributed by atoms with Gasteiger partial charge in [-0.15, -0.1) is 0 Å². The molecule has 3 heterocycles. The molecule has 1 aromatic rings. The summed E-state index contributed by atoms with van der Waals surface area (Å²) in [6.45, 7) is 7.17. The lowest BCUT2D eigenvalue weighted by Gasteiger charge is -2.36. The molecule has 0 aromatic carbocycles. The minimum Gasteiger partial charge on any atom is -0.365 e. The number of aryl methyl sites for hydroxylation is 1. The molecular formula is C17H26N4O3S. The molecule has 138 valence electrons. The molecule has 8 heteroatoms. The number of nitrogens with zero attached hydrogens (tertiary/aromatic N) is 4. The van der Waals surface area contributed by atoms with Crippen LogP contribution >= 0.6 is 0 Å². The summed E-state index contributed by atoms with van der Waals surface area (Å²) in [5, 5.41) is 4.66. The third kappa shape index (κ3) is 3.16. The van der Waals surface area contributed by atoms with Gasteiger partial charge in [0.15, 0.2) is 9.84 Å². The maximum atomic E-state index is 12.2. The highest BCUT2D eigenvalue weighted by molar-refractivity contribution is 7.91. The number of piperazine rings is 1. The molecule has 0 bridgehead atoms. The van der Waals surface area contributed by atoms with E-state index in [-0.39, 0.29) is 23.5 Å². The number of sulfone groups is 1. The van der Waals surface area contributed by atoms with Gasteiger partial charge in [0.25, 0.3) is 0 Å². The number of amides is 1. The Morgan fingerprint density at radius 3 is 2.32 bits per heavy atom. The fourth-order valence-corrected chi connectivity index (χ4v) is 5.87. The predicted octanol–water partition coefficient (Wildman–Crippen LogP) is 0.918. The number of hydrogen-bond acceptors (Lipinski definition) is 5. The normalized spacial score (nSPS) is 26.2. The van der Waals surface area contributed by atoms with Crippen molar-refractivity contribution in [2.24, 2.45) is 5.92 Å². The third-order valence-corrected chi connectivity index (χ3v) is 7.43. The van der Waals surface area contributed by atoms with Crippen LogP contribution in [0.5, 0.6) is 0 Å². The first kappa shape index (κ1) is 16.9. The number of carbonyl (C=O) groups excluding carboxylic acids is 1. The Labute approximate surface area is 148 Å². The Hall–Kier alpha value is -1.57. The van der Waals surface area contributed by atoms with E-state index in [1.165, 1.54) is 0 Å². The molecule has 2 saturated heterocycles. The first-order valence-electron chi connectivity index (χ1n) is 9.15. The highest BCUT2D eigenvalue weighted by Gasteiger charge is 2.36. The van der Waals surface area contributed by atoms with Crippen molar-refractivity contribution < 1.29 is 13.2 Å². The Balaban J connectivity index is 1.49. The van der Waals surface area contributed by atoms with Crippen LogP contribution in [-0.4, -0.2) is 66.7 Å². The standard InChI is InChI=1S/C17H26N4O3S/c1-12-16(13(2)21(18-12)15-5-10-25(23,24)11-15)19-6-8-20(9-7-19)17(22)14-3-4-14/h14-15H,3-11H2,1-2H3. The van der Waals surface area contributed by atoms with Crippen molar-refractivity contribution in [3.63, 3.8) is 0 Å². The molecule has 7 nitrogen and oxygen atoms in total. The third-order valence-electron chi connectivity index (χ3n) is 5.68. The first-order chi connectivity index (χ1) is 11.9. The minimum atomic E-state index is -2.93. The van der Waals surface area contributed by atoms with Crippen LogP contribution in [0.1, 0.15) is 36.7 Å². The van der Waals surface area contributed by atoms with Gasteiger partial charge in [-0.05, 0) is 33.1 Å². The van der Waals surface area contributed by atoms with E-state index < -0.39 is 9.84 Å². The lowest BCUT2D eigenvalue weighted by molar-refractivity contribution is -0.132. The zero-order valence-electron chi connectivity index (χ0n) is 14.9. The van der Waals surface area contributed by atoms with Crippen LogP contribution in [0.15, 0.2) is 0 Å². The largest absolute Gasteiger partial charge is 0.365 e. The Morgan fingerprint density at radius 1 is 1.08 bits per heavy atom. The molecule has 0 spiro atoms. The number of aromatic nitrogens is 2. The van der Waals surface area contributed by atoms with Gasteiger partial charge in [-0.3, -0.25) is 9.48 Å². The minimum absolute atomic E-state index is 0.0461. The fraction of sp³-hybridized carbons (Fsp3) is 0.765. The highest BCUT2D eigenvalue weighted by Crippen LogP contribution is 2.33. The molecule has 1 unspecified atom stereocenters. The van der Waals surface area contributed by atoms with Crippen molar-refractivity contribution >= 4 is 21.4 Å². The molecule has 1 aromatic heterocycles. The van der Waals surface area contributed by atoms with E-state index in [1.807, 2.05) is 23.4 Å². The van der Waals surface area contributed by atoms with Crippen molar-refractivity contribution in [3.8, 4) is 0 Å². The molecule has 1 amide bonds. The van der Waals surface area contributed by atoms with E-state index in [2.05, 4.69) is 10.00 Å². The highest BCUT2D eigenvalue weighted by atomic mass is 32.2. The van der Waals surface area contributed by atoms with Crippen molar-refractivity contribution in [1.29, 1.82) is 0 Å². The summed E-state index contributed by atoms with van der Waals surface area (Å²) in [5.74, 6) is 1.05. The monoisotopic (exact) mass is 366 g/mol. The summed E-state index contributed by atoms with van der Waals surface area (Å²) in [4.78, 5) is 16.5. The molecule has 0 radical (unpaired) electrons. The molecule has 0 N–H and O–H groups in total. The van der Waals surface area contributed by atoms with E-state index in [1.54, 1.807) is 0 Å². The summed E-state index contributed by atoms with van der Waals surface area (Å²) in [5.41, 5.74) is 3.10. The number of anilines is 1. The van der Waals surface area contributed by atoms with Gasteiger partial charge < -0.3 is 9.80 Å². The Morgan fingerprint density at radius 2 is 1.76 bits per heavy atom. The van der Waals surface area contributed by atoms with Crippen LogP contribution in [0.2, 0.25) is 0 Å². The molecule has 4 rings (SSSR count). The van der Waals surface area contributed by atoms with Crippen LogP contribution in [0, 0.1) is 19.8 Å². The zero-order valence-corrected chi connectivity index (χ0v) is 15.8. The molecule has 25 heavy (non-hydrogen) atoms. The van der Waals surface area contributed by atoms with Crippen LogP contribution in [-0.2, 0) is 14.6 Å². The second-order valence-electron chi connectivity index (χ2n) is 7.61. The van der Waals surface area contributed by atoms with Gasteiger partial charge in [0.1, 0.15) is 0 Å². The molecule has 1 atom stereocenters. The van der Waals surface area contributed by atoms with Crippen molar-refractivity contribution in [2.45, 2.75) is 39.2 Å². The molecule has 1 saturated carbocycles. The van der Waals surface area contributed by atoms with Gasteiger partial charge in [0.2, 0.25) is 5.91 Å². The van der Waals surface area contributed by atoms with Gasteiger partial charge in [-0.25, -0.2) is 8.42 Å². The van der Waals surface area contributed by atoms with Gasteiger partial charge >= 0.3 is 0 Å². The second-order valence-corrected chi connectivity index (χ2v) is 9.84. The molecule has 1 aliphatic carbocycles. The quantitative estimate of drug-likeness (QED) is 0.795. The maximum Gasteiger partial charge on any atom is 0.225 e. The van der Waals surface area contributed by atoms with E-state index in [0.29, 0.717) is 12.3 Å². The second kappa shape index (κ2) is 6.00. The lowest BCUT2D eigenvalue weighted by Crippen LogP contribution is -2.49. The Kier molecular flexibility index (Phi) is 4.05. The average molecular weight is 366 g/mol. The van der Waals surface area contributed by atoms with E-state index >= 15 is 0 Å². The van der Waals surface area contributed by atoms with Crippen LogP contribution < -0.4 is 4.90 Å². The van der Waals surface area contributed by atoms with Crippen LogP contribution in [0.4, 0.5) is 5.69 Å². The molecule has 3 fully saturated rings. The van der Waals surface area contributed by atoms with Crippen LogP contribution in [0.25, 0.3) is 0 Å². The lowest BCUT2D eigenvalue weighted by atomic mass is 10.2. The Bertz CT molecular complexity index is 789. The first-order valence-corrected chi connectivity index (χ1v) is 11.0. The SMILES string of the molecule is Cc1nn(C2CCS(=O)(=O)C2)c(C)c1N1CCN(C(=O)C2CC2)CC1. The van der Waals surface area contributed by atoms with Crippen molar-refractivity contribution in [3.05, 3.63) is 11.4 Å². The van der Waals surface area contributed by atoms with E-state index in [4.69, 9.17) is 0 Å². The summed E-state index contributed by atoms with van der Waals surface area (Å²) >= 11 is 0. The van der Waals surface area contributed by atoms with E-state index in [0.717, 1.165) is 56.1 Å². The zero-order chi connectivity index (χ0) is 17.8. The van der Waals surface area contributed by atoms with Gasteiger partial charge in [0.05, 0.1) is 34.6 Å². The predicted molar refractivity (Wildman–Crippen MR) is 95.5 cm³/mol. The smallest absolute Gasteiger partial charge is 0.225 e. The summed E-state index contributed by atoms with van der Waals surface area (Å²) < 4.78 is 25.5. The van der Waals surface area contributed by atoms with Gasteiger partial charge in [-0.1, -0.05) is 0 Å². The topological polar surface area (TPSA) is 75.5 Å². The maximum absolute atomic E-state index is 12.2. The number of carbonyl (C=O) groups is 1. The molecule has 3 aliphatic rings. The van der Waals surface area contributed by atoms with Gasteiger partial charge in [-0.2, -0.15) is 5.10 Å². The summed E-state index contributed by atoms with van der Waals surface area (Å²) in [7, 11) is -2.93. The fourth-order valence-electron chi connectivity index (χ4n) is 4.17. The van der Waals surface area contributed by atoms with Crippen molar-refractivity contribution in [1.82, 2.24) is 14.7 Å².